The molecule has 1 heterocycles. The Morgan fingerprint density at radius 3 is 2.89 bits per heavy atom. The molecule has 2 unspecified atom stereocenters. The van der Waals surface area contributed by atoms with Gasteiger partial charge in [0.05, 0.1) is 5.75 Å². The Morgan fingerprint density at radius 2 is 2.16 bits per heavy atom. The van der Waals surface area contributed by atoms with Crippen LogP contribution in [-0.2, 0) is 4.79 Å². The Kier molecular flexibility index (Phi) is 5.01. The zero-order valence-electron chi connectivity index (χ0n) is 11.1. The largest absolute Gasteiger partial charge is 0.381 e. The number of carbonyl (C=O) groups is 1. The average Bonchev–Trinajstić information content (AvgIpc) is 2.40. The van der Waals surface area contributed by atoms with Crippen LogP contribution in [0.4, 0.5) is 5.82 Å². The number of carbonyl (C=O) groups excluding carboxylic acids is 1. The van der Waals surface area contributed by atoms with Gasteiger partial charge in [0.25, 0.3) is 0 Å². The fraction of sp³-hybridized carbons (Fsp3) is 0.615. The number of hydrogen-bond acceptors (Lipinski definition) is 5. The number of nitrogens with two attached hydrogens (primary N) is 1. The molecule has 1 aliphatic carbocycles. The minimum absolute atomic E-state index is 0.0498. The third-order valence-corrected chi connectivity index (χ3v) is 4.48. The molecule has 0 aliphatic heterocycles. The minimum atomic E-state index is 0.0498. The summed E-state index contributed by atoms with van der Waals surface area (Å²) in [4.78, 5) is 20.0. The maximum Gasteiger partial charge on any atom is 0.230 e. The van der Waals surface area contributed by atoms with Gasteiger partial charge in [-0.05, 0) is 18.8 Å². The second kappa shape index (κ2) is 6.75. The average molecular weight is 280 g/mol. The van der Waals surface area contributed by atoms with Gasteiger partial charge >= 0.3 is 0 Å². The number of nitrogens with zero attached hydrogens (tertiary/aromatic N) is 2. The zero-order chi connectivity index (χ0) is 13.7. The van der Waals surface area contributed by atoms with Crippen molar-refractivity contribution in [2.75, 3.05) is 11.5 Å². The van der Waals surface area contributed by atoms with E-state index in [1.165, 1.54) is 31.0 Å². The van der Waals surface area contributed by atoms with Gasteiger partial charge in [0, 0.05) is 18.4 Å². The van der Waals surface area contributed by atoms with Gasteiger partial charge in [-0.2, -0.15) is 0 Å². The summed E-state index contributed by atoms with van der Waals surface area (Å²) < 4.78 is 0. The van der Waals surface area contributed by atoms with Crippen LogP contribution in [0, 0.1) is 5.92 Å². The highest BCUT2D eigenvalue weighted by atomic mass is 32.2. The van der Waals surface area contributed by atoms with Crippen molar-refractivity contribution in [1.29, 1.82) is 0 Å². The SMILES string of the molecule is CC1CCCCC1NC(=O)CSc1nccnc1N. The van der Waals surface area contributed by atoms with E-state index in [-0.39, 0.29) is 5.91 Å². The molecular formula is C13H20N4OS. The molecule has 0 spiro atoms. The van der Waals surface area contributed by atoms with Crippen molar-refractivity contribution < 1.29 is 4.79 Å². The monoisotopic (exact) mass is 280 g/mol. The lowest BCUT2D eigenvalue weighted by atomic mass is 9.86. The highest BCUT2D eigenvalue weighted by Gasteiger charge is 2.22. The van der Waals surface area contributed by atoms with Gasteiger partial charge in [0.1, 0.15) is 5.03 Å². The first-order chi connectivity index (χ1) is 9.16. The highest BCUT2D eigenvalue weighted by Crippen LogP contribution is 2.24. The van der Waals surface area contributed by atoms with Crippen LogP contribution in [0.5, 0.6) is 0 Å². The predicted molar refractivity (Wildman–Crippen MR) is 76.7 cm³/mol. The predicted octanol–water partition coefficient (Wildman–Crippen LogP) is 1.85. The number of amides is 1. The first-order valence-electron chi connectivity index (χ1n) is 6.65. The third kappa shape index (κ3) is 4.09. The van der Waals surface area contributed by atoms with Crippen LogP contribution in [0.15, 0.2) is 17.4 Å². The Labute approximate surface area is 117 Å². The smallest absolute Gasteiger partial charge is 0.230 e. The molecule has 19 heavy (non-hydrogen) atoms. The van der Waals surface area contributed by atoms with Gasteiger partial charge in [0.2, 0.25) is 5.91 Å². The number of rotatable bonds is 4. The van der Waals surface area contributed by atoms with E-state index in [4.69, 9.17) is 5.73 Å². The quantitative estimate of drug-likeness (QED) is 0.823. The van der Waals surface area contributed by atoms with Crippen LogP contribution in [0.25, 0.3) is 0 Å². The van der Waals surface area contributed by atoms with Crippen LogP contribution in [0.2, 0.25) is 0 Å². The maximum atomic E-state index is 11.9. The lowest BCUT2D eigenvalue weighted by Gasteiger charge is -2.29. The van der Waals surface area contributed by atoms with E-state index >= 15 is 0 Å². The molecule has 2 rings (SSSR count). The zero-order valence-corrected chi connectivity index (χ0v) is 11.9. The molecule has 104 valence electrons. The van der Waals surface area contributed by atoms with Crippen LogP contribution >= 0.6 is 11.8 Å². The van der Waals surface area contributed by atoms with Crippen LogP contribution in [0.1, 0.15) is 32.6 Å². The molecule has 5 nitrogen and oxygen atoms in total. The summed E-state index contributed by atoms with van der Waals surface area (Å²) in [5.41, 5.74) is 5.69. The Hall–Kier alpha value is -1.30. The molecule has 2 atom stereocenters. The summed E-state index contributed by atoms with van der Waals surface area (Å²) in [6.45, 7) is 2.21. The van der Waals surface area contributed by atoms with E-state index in [0.29, 0.717) is 28.6 Å². The summed E-state index contributed by atoms with van der Waals surface area (Å²) in [6, 6.07) is 0.320. The number of thioether (sulfide) groups is 1. The second-order valence-corrected chi connectivity index (χ2v) is 5.94. The molecule has 6 heteroatoms. The van der Waals surface area contributed by atoms with Crippen molar-refractivity contribution >= 4 is 23.5 Å². The summed E-state index contributed by atoms with van der Waals surface area (Å²) in [5.74, 6) is 1.34. The summed E-state index contributed by atoms with van der Waals surface area (Å²) in [7, 11) is 0. The molecule has 0 saturated heterocycles. The molecule has 0 bridgehead atoms. The first-order valence-corrected chi connectivity index (χ1v) is 7.64. The van der Waals surface area contributed by atoms with Gasteiger partial charge in [-0.3, -0.25) is 4.79 Å². The molecule has 1 aromatic heterocycles. The number of anilines is 1. The fourth-order valence-corrected chi connectivity index (χ4v) is 3.05. The fourth-order valence-electron chi connectivity index (χ4n) is 2.36. The van der Waals surface area contributed by atoms with Crippen LogP contribution in [-0.4, -0.2) is 27.7 Å². The number of aromatic nitrogens is 2. The highest BCUT2D eigenvalue weighted by molar-refractivity contribution is 8.00. The molecule has 1 saturated carbocycles. The molecule has 0 aromatic carbocycles. The number of nitrogen functional groups attached to an aromatic ring is 1. The summed E-state index contributed by atoms with van der Waals surface area (Å²) in [5, 5.41) is 3.73. The van der Waals surface area contributed by atoms with Gasteiger partial charge in [-0.1, -0.05) is 31.5 Å². The van der Waals surface area contributed by atoms with Crippen molar-refractivity contribution in [1.82, 2.24) is 15.3 Å². The topological polar surface area (TPSA) is 80.9 Å². The van der Waals surface area contributed by atoms with Crippen molar-refractivity contribution in [3.63, 3.8) is 0 Å². The van der Waals surface area contributed by atoms with Gasteiger partial charge < -0.3 is 11.1 Å². The molecule has 3 N–H and O–H groups in total. The van der Waals surface area contributed by atoms with Gasteiger partial charge in [-0.25, -0.2) is 9.97 Å². The van der Waals surface area contributed by atoms with Crippen LogP contribution < -0.4 is 11.1 Å². The summed E-state index contributed by atoms with van der Waals surface area (Å²) in [6.07, 6.45) is 7.90. The van der Waals surface area contributed by atoms with Crippen molar-refractivity contribution in [3.8, 4) is 0 Å². The molecule has 1 aliphatic rings. The Balaban J connectivity index is 1.80. The second-order valence-electron chi connectivity index (χ2n) is 4.97. The molecule has 1 fully saturated rings. The van der Waals surface area contributed by atoms with Crippen molar-refractivity contribution in [2.45, 2.75) is 43.7 Å². The maximum absolute atomic E-state index is 11.9. The van der Waals surface area contributed by atoms with Crippen molar-refractivity contribution in [2.24, 2.45) is 5.92 Å². The van der Waals surface area contributed by atoms with Crippen molar-refractivity contribution in [3.05, 3.63) is 12.4 Å². The van der Waals surface area contributed by atoms with Gasteiger partial charge in [0.15, 0.2) is 5.82 Å². The molecule has 1 amide bonds. The molecule has 1 aromatic rings. The Bertz CT molecular complexity index is 440. The normalized spacial score (nSPS) is 23.0. The molecular weight excluding hydrogens is 260 g/mol. The summed E-state index contributed by atoms with van der Waals surface area (Å²) >= 11 is 1.33. The number of nitrogens with one attached hydrogen (secondary N) is 1. The Morgan fingerprint density at radius 1 is 1.42 bits per heavy atom. The van der Waals surface area contributed by atoms with E-state index in [0.717, 1.165) is 6.42 Å². The van der Waals surface area contributed by atoms with E-state index < -0.39 is 0 Å². The van der Waals surface area contributed by atoms with E-state index in [9.17, 15) is 4.79 Å². The van der Waals surface area contributed by atoms with Crippen LogP contribution in [0.3, 0.4) is 0 Å². The first kappa shape index (κ1) is 14.1. The lowest BCUT2D eigenvalue weighted by molar-refractivity contribution is -0.119. The lowest BCUT2D eigenvalue weighted by Crippen LogP contribution is -2.41. The minimum Gasteiger partial charge on any atom is -0.381 e. The van der Waals surface area contributed by atoms with E-state index in [1.807, 2.05) is 0 Å². The van der Waals surface area contributed by atoms with Gasteiger partial charge in [-0.15, -0.1) is 0 Å². The standard InChI is InChI=1S/C13H20N4OS/c1-9-4-2-3-5-10(9)17-11(18)8-19-13-12(14)15-6-7-16-13/h6-7,9-10H,2-5,8H2,1H3,(H2,14,15)(H,17,18). The number of hydrogen-bond donors (Lipinski definition) is 2. The van der Waals surface area contributed by atoms with E-state index in [2.05, 4.69) is 22.2 Å². The molecule has 0 radical (unpaired) electrons. The van der Waals surface area contributed by atoms with E-state index in [1.54, 1.807) is 12.4 Å². The third-order valence-electron chi connectivity index (χ3n) is 3.49.